The summed E-state index contributed by atoms with van der Waals surface area (Å²) < 4.78 is 5.36. The van der Waals surface area contributed by atoms with Crippen LogP contribution in [-0.4, -0.2) is 12.9 Å². The van der Waals surface area contributed by atoms with E-state index in [9.17, 15) is 4.79 Å². The van der Waals surface area contributed by atoms with Gasteiger partial charge in [-0.25, -0.2) is 0 Å². The number of carbonyl (C=O) groups is 1. The summed E-state index contributed by atoms with van der Waals surface area (Å²) in [5, 5.41) is 0. The number of hydrogen-bond donors (Lipinski definition) is 0. The van der Waals surface area contributed by atoms with Gasteiger partial charge in [0.05, 0.1) is 12.7 Å². The first-order valence-electron chi connectivity index (χ1n) is 6.35. The molecule has 2 rings (SSSR count). The van der Waals surface area contributed by atoms with Gasteiger partial charge in [0.1, 0.15) is 5.75 Å². The van der Waals surface area contributed by atoms with Gasteiger partial charge in [0, 0.05) is 5.92 Å². The maximum atomic E-state index is 12.2. The van der Waals surface area contributed by atoms with Crippen LogP contribution < -0.4 is 4.74 Å². The van der Waals surface area contributed by atoms with Crippen LogP contribution in [0.5, 0.6) is 5.75 Å². The summed E-state index contributed by atoms with van der Waals surface area (Å²) in [6.45, 7) is 4.28. The normalized spacial score (nSPS) is 15.8. The molecule has 1 aliphatic rings. The fourth-order valence-electron chi connectivity index (χ4n) is 2.16. The molecule has 0 radical (unpaired) electrons. The minimum Gasteiger partial charge on any atom is -0.496 e. The quantitative estimate of drug-likeness (QED) is 0.738. The monoisotopic (exact) mass is 232 g/mol. The second-order valence-corrected chi connectivity index (χ2v) is 5.11. The van der Waals surface area contributed by atoms with Gasteiger partial charge in [-0.15, -0.1) is 0 Å². The maximum Gasteiger partial charge on any atom is 0.169 e. The van der Waals surface area contributed by atoms with Gasteiger partial charge < -0.3 is 4.74 Å². The molecule has 0 spiro atoms. The zero-order valence-corrected chi connectivity index (χ0v) is 10.8. The van der Waals surface area contributed by atoms with Gasteiger partial charge in [-0.05, 0) is 36.5 Å². The molecule has 0 heterocycles. The van der Waals surface area contributed by atoms with E-state index in [-0.39, 0.29) is 11.7 Å². The topological polar surface area (TPSA) is 26.3 Å². The van der Waals surface area contributed by atoms with E-state index in [1.165, 1.54) is 12.0 Å². The minimum absolute atomic E-state index is 0.230. The number of methoxy groups -OCH3 is 1. The molecule has 0 N–H and O–H groups in total. The SMILES string of the molecule is COc1cc(C(C)C)ccc1C(=O)C1CCC1. The van der Waals surface area contributed by atoms with E-state index < -0.39 is 0 Å². The van der Waals surface area contributed by atoms with Gasteiger partial charge in [0.25, 0.3) is 0 Å². The lowest BCUT2D eigenvalue weighted by Gasteiger charge is -2.24. The molecule has 0 saturated heterocycles. The molecule has 17 heavy (non-hydrogen) atoms. The third-order valence-corrected chi connectivity index (χ3v) is 3.63. The lowest BCUT2D eigenvalue weighted by atomic mass is 9.79. The van der Waals surface area contributed by atoms with Crippen molar-refractivity contribution in [2.45, 2.75) is 39.0 Å². The molecule has 1 aromatic rings. The minimum atomic E-state index is 0.230. The highest BCUT2D eigenvalue weighted by Gasteiger charge is 2.28. The number of ketones is 1. The molecule has 0 unspecified atom stereocenters. The van der Waals surface area contributed by atoms with E-state index in [1.807, 2.05) is 18.2 Å². The molecule has 1 aromatic carbocycles. The molecule has 1 aliphatic carbocycles. The zero-order chi connectivity index (χ0) is 12.4. The summed E-state index contributed by atoms with van der Waals surface area (Å²) in [5.41, 5.74) is 1.97. The largest absolute Gasteiger partial charge is 0.496 e. The van der Waals surface area contributed by atoms with Gasteiger partial charge in [0.2, 0.25) is 0 Å². The predicted molar refractivity (Wildman–Crippen MR) is 68.8 cm³/mol. The van der Waals surface area contributed by atoms with E-state index in [0.717, 1.165) is 24.2 Å². The molecule has 0 aromatic heterocycles. The van der Waals surface area contributed by atoms with Crippen molar-refractivity contribution in [3.8, 4) is 5.75 Å². The summed E-state index contributed by atoms with van der Waals surface area (Å²) in [4.78, 5) is 12.2. The fourth-order valence-corrected chi connectivity index (χ4v) is 2.16. The van der Waals surface area contributed by atoms with Crippen LogP contribution >= 0.6 is 0 Å². The van der Waals surface area contributed by atoms with Crippen LogP contribution in [-0.2, 0) is 0 Å². The van der Waals surface area contributed by atoms with Gasteiger partial charge in [-0.1, -0.05) is 26.3 Å². The van der Waals surface area contributed by atoms with Crippen molar-refractivity contribution in [3.63, 3.8) is 0 Å². The highest BCUT2D eigenvalue weighted by Crippen LogP contribution is 2.33. The summed E-state index contributed by atoms with van der Waals surface area (Å²) in [6, 6.07) is 5.96. The first-order chi connectivity index (χ1) is 8.13. The third-order valence-electron chi connectivity index (χ3n) is 3.63. The van der Waals surface area contributed by atoms with Crippen molar-refractivity contribution in [1.82, 2.24) is 0 Å². The molecule has 1 fully saturated rings. The second kappa shape index (κ2) is 4.91. The van der Waals surface area contributed by atoms with Crippen molar-refractivity contribution in [2.75, 3.05) is 7.11 Å². The van der Waals surface area contributed by atoms with Gasteiger partial charge in [-0.2, -0.15) is 0 Å². The summed E-state index contributed by atoms with van der Waals surface area (Å²) in [5.74, 6) is 1.67. The molecular formula is C15H20O2. The smallest absolute Gasteiger partial charge is 0.169 e. The molecule has 0 aliphatic heterocycles. The third kappa shape index (κ3) is 2.36. The summed E-state index contributed by atoms with van der Waals surface area (Å²) >= 11 is 0. The Morgan fingerprint density at radius 1 is 1.35 bits per heavy atom. The summed E-state index contributed by atoms with van der Waals surface area (Å²) in [7, 11) is 1.64. The zero-order valence-electron chi connectivity index (χ0n) is 10.8. The lowest BCUT2D eigenvalue weighted by Crippen LogP contribution is -2.22. The Kier molecular flexibility index (Phi) is 3.51. The number of carbonyl (C=O) groups excluding carboxylic acids is 1. The predicted octanol–water partition coefficient (Wildman–Crippen LogP) is 3.80. The average molecular weight is 232 g/mol. The lowest BCUT2D eigenvalue weighted by molar-refractivity contribution is 0.0852. The maximum absolute atomic E-state index is 12.2. The van der Waals surface area contributed by atoms with Crippen LogP contribution in [0.25, 0.3) is 0 Å². The first-order valence-corrected chi connectivity index (χ1v) is 6.35. The Morgan fingerprint density at radius 2 is 2.06 bits per heavy atom. The Hall–Kier alpha value is -1.31. The molecule has 92 valence electrons. The Bertz CT molecular complexity index is 417. The van der Waals surface area contributed by atoms with Crippen molar-refractivity contribution >= 4 is 5.78 Å². The number of Topliss-reactive ketones (excluding diaryl/α,β-unsaturated/α-hetero) is 1. The molecule has 0 amide bonds. The van der Waals surface area contributed by atoms with Crippen molar-refractivity contribution in [1.29, 1.82) is 0 Å². The fraction of sp³-hybridized carbons (Fsp3) is 0.533. The van der Waals surface area contributed by atoms with E-state index in [4.69, 9.17) is 4.74 Å². The average Bonchev–Trinajstić information content (AvgIpc) is 2.25. The van der Waals surface area contributed by atoms with E-state index in [2.05, 4.69) is 13.8 Å². The molecule has 2 heteroatoms. The van der Waals surface area contributed by atoms with E-state index >= 15 is 0 Å². The van der Waals surface area contributed by atoms with Crippen LogP contribution in [0.1, 0.15) is 54.9 Å². The Morgan fingerprint density at radius 3 is 2.53 bits per heavy atom. The van der Waals surface area contributed by atoms with Gasteiger partial charge >= 0.3 is 0 Å². The van der Waals surface area contributed by atoms with Crippen LogP contribution in [0, 0.1) is 5.92 Å². The number of hydrogen-bond acceptors (Lipinski definition) is 2. The van der Waals surface area contributed by atoms with E-state index in [0.29, 0.717) is 5.92 Å². The van der Waals surface area contributed by atoms with Crippen LogP contribution in [0.15, 0.2) is 18.2 Å². The van der Waals surface area contributed by atoms with Gasteiger partial charge in [-0.3, -0.25) is 4.79 Å². The standard InChI is InChI=1S/C15H20O2/c1-10(2)12-7-8-13(14(9-12)17-3)15(16)11-5-4-6-11/h7-11H,4-6H2,1-3H3. The Labute approximate surface area is 103 Å². The highest BCUT2D eigenvalue weighted by atomic mass is 16.5. The number of benzene rings is 1. The van der Waals surface area contributed by atoms with Crippen molar-refractivity contribution < 1.29 is 9.53 Å². The van der Waals surface area contributed by atoms with Crippen molar-refractivity contribution in [2.24, 2.45) is 5.92 Å². The van der Waals surface area contributed by atoms with Crippen LogP contribution in [0.2, 0.25) is 0 Å². The second-order valence-electron chi connectivity index (χ2n) is 5.11. The molecule has 1 saturated carbocycles. The number of rotatable bonds is 4. The van der Waals surface area contributed by atoms with Crippen LogP contribution in [0.3, 0.4) is 0 Å². The molecular weight excluding hydrogens is 212 g/mol. The van der Waals surface area contributed by atoms with Crippen molar-refractivity contribution in [3.05, 3.63) is 29.3 Å². The number of ether oxygens (including phenoxy) is 1. The Balaban J connectivity index is 2.30. The first kappa shape index (κ1) is 12.2. The summed E-state index contributed by atoms with van der Waals surface area (Å²) in [6.07, 6.45) is 3.25. The van der Waals surface area contributed by atoms with Crippen LogP contribution in [0.4, 0.5) is 0 Å². The molecule has 2 nitrogen and oxygen atoms in total. The molecule has 0 bridgehead atoms. The molecule has 0 atom stereocenters. The highest BCUT2D eigenvalue weighted by molar-refractivity contribution is 6.00. The van der Waals surface area contributed by atoms with E-state index in [1.54, 1.807) is 7.11 Å². The van der Waals surface area contributed by atoms with Gasteiger partial charge in [0.15, 0.2) is 5.78 Å².